The second-order valence-corrected chi connectivity index (χ2v) is 5.25. The molecule has 1 unspecified atom stereocenters. The minimum absolute atomic E-state index is 0.0207. The van der Waals surface area contributed by atoms with Gasteiger partial charge in [-0.25, -0.2) is 0 Å². The molecular weight excluding hydrogens is 216 g/mol. The van der Waals surface area contributed by atoms with Crippen LogP contribution in [0.2, 0.25) is 0 Å². The highest BCUT2D eigenvalue weighted by atomic mass is 16.5. The Morgan fingerprint density at radius 2 is 2.18 bits per heavy atom. The molecule has 1 rings (SSSR count). The van der Waals surface area contributed by atoms with Gasteiger partial charge in [0.1, 0.15) is 0 Å². The zero-order valence-electron chi connectivity index (χ0n) is 11.6. The summed E-state index contributed by atoms with van der Waals surface area (Å²) >= 11 is 0. The number of carbonyl (C=O) groups excluding carboxylic acids is 1. The molecule has 0 radical (unpaired) electrons. The van der Waals surface area contributed by atoms with Crippen molar-refractivity contribution in [2.75, 3.05) is 26.2 Å². The van der Waals surface area contributed by atoms with Gasteiger partial charge in [0, 0.05) is 19.7 Å². The summed E-state index contributed by atoms with van der Waals surface area (Å²) in [5, 5.41) is 3.30. The Labute approximate surface area is 105 Å². The van der Waals surface area contributed by atoms with Gasteiger partial charge in [-0.3, -0.25) is 4.79 Å². The number of hydrogen-bond donors (Lipinski definition) is 1. The first-order valence-corrected chi connectivity index (χ1v) is 6.66. The van der Waals surface area contributed by atoms with Crippen molar-refractivity contribution in [2.24, 2.45) is 0 Å². The van der Waals surface area contributed by atoms with E-state index in [-0.39, 0.29) is 17.6 Å². The van der Waals surface area contributed by atoms with Crippen molar-refractivity contribution in [3.8, 4) is 0 Å². The molecule has 0 aromatic carbocycles. The molecule has 4 heteroatoms. The Morgan fingerprint density at radius 1 is 1.47 bits per heavy atom. The molecule has 1 amide bonds. The fraction of sp³-hybridized carbons (Fsp3) is 0.923. The van der Waals surface area contributed by atoms with Gasteiger partial charge in [-0.05, 0) is 40.2 Å². The molecule has 1 saturated heterocycles. The summed E-state index contributed by atoms with van der Waals surface area (Å²) < 4.78 is 5.64. The predicted molar refractivity (Wildman–Crippen MR) is 69.0 cm³/mol. The first-order valence-electron chi connectivity index (χ1n) is 6.66. The van der Waals surface area contributed by atoms with Crippen LogP contribution in [0.15, 0.2) is 0 Å². The summed E-state index contributed by atoms with van der Waals surface area (Å²) in [6, 6.07) is 0.0207. The van der Waals surface area contributed by atoms with E-state index in [2.05, 4.69) is 12.2 Å². The summed E-state index contributed by atoms with van der Waals surface area (Å²) in [6.07, 6.45) is 1.98. The highest BCUT2D eigenvalue weighted by Gasteiger charge is 2.34. The third-order valence-electron chi connectivity index (χ3n) is 3.04. The topological polar surface area (TPSA) is 41.6 Å². The maximum absolute atomic E-state index is 12.1. The van der Waals surface area contributed by atoms with Gasteiger partial charge < -0.3 is 15.0 Å². The number of ether oxygens (including phenoxy) is 1. The molecule has 1 N–H and O–H groups in total. The van der Waals surface area contributed by atoms with Crippen LogP contribution in [-0.4, -0.2) is 48.7 Å². The van der Waals surface area contributed by atoms with E-state index < -0.39 is 0 Å². The summed E-state index contributed by atoms with van der Waals surface area (Å²) in [6.45, 7) is 11.3. The molecule has 4 nitrogen and oxygen atoms in total. The van der Waals surface area contributed by atoms with Gasteiger partial charge in [-0.2, -0.15) is 0 Å². The van der Waals surface area contributed by atoms with E-state index in [1.54, 1.807) is 0 Å². The largest absolute Gasteiger partial charge is 0.374 e. The molecule has 0 aliphatic carbocycles. The van der Waals surface area contributed by atoms with E-state index in [9.17, 15) is 4.79 Å². The van der Waals surface area contributed by atoms with Crippen LogP contribution < -0.4 is 5.32 Å². The van der Waals surface area contributed by atoms with Gasteiger partial charge in [0.2, 0.25) is 5.91 Å². The van der Waals surface area contributed by atoms with E-state index in [0.717, 1.165) is 25.9 Å². The Bertz CT molecular complexity index is 254. The van der Waals surface area contributed by atoms with E-state index >= 15 is 0 Å². The van der Waals surface area contributed by atoms with Crippen molar-refractivity contribution < 1.29 is 9.53 Å². The number of nitrogens with one attached hydrogen (secondary N) is 1. The van der Waals surface area contributed by atoms with Gasteiger partial charge in [0.15, 0.2) is 0 Å². The monoisotopic (exact) mass is 242 g/mol. The smallest absolute Gasteiger partial charge is 0.239 e. The van der Waals surface area contributed by atoms with Crippen LogP contribution in [0.1, 0.15) is 40.5 Å². The van der Waals surface area contributed by atoms with Gasteiger partial charge in [0.25, 0.3) is 0 Å². The summed E-state index contributed by atoms with van der Waals surface area (Å²) in [4.78, 5) is 14.0. The fourth-order valence-electron chi connectivity index (χ4n) is 2.30. The Hall–Kier alpha value is -0.610. The van der Waals surface area contributed by atoms with Crippen molar-refractivity contribution in [1.29, 1.82) is 0 Å². The molecule has 1 atom stereocenters. The molecule has 1 heterocycles. The minimum Gasteiger partial charge on any atom is -0.374 e. The second kappa shape index (κ2) is 6.36. The number of hydrogen-bond acceptors (Lipinski definition) is 3. The molecule has 0 spiro atoms. The standard InChI is InChI=1S/C13H26N2O2/c1-5-8-14-11-7-9-15(12(11)16)10-13(3,4)17-6-2/h11,14H,5-10H2,1-4H3. The molecule has 1 fully saturated rings. The summed E-state index contributed by atoms with van der Waals surface area (Å²) in [5.74, 6) is 0.228. The second-order valence-electron chi connectivity index (χ2n) is 5.25. The number of nitrogens with zero attached hydrogens (tertiary/aromatic N) is 1. The number of rotatable bonds is 7. The highest BCUT2D eigenvalue weighted by molar-refractivity contribution is 5.84. The van der Waals surface area contributed by atoms with E-state index in [0.29, 0.717) is 13.2 Å². The van der Waals surface area contributed by atoms with Gasteiger partial charge in [0.05, 0.1) is 11.6 Å². The van der Waals surface area contributed by atoms with Gasteiger partial charge in [-0.15, -0.1) is 0 Å². The molecule has 0 aromatic heterocycles. The zero-order chi connectivity index (χ0) is 12.9. The zero-order valence-corrected chi connectivity index (χ0v) is 11.6. The molecule has 1 aliphatic rings. The molecule has 100 valence electrons. The van der Waals surface area contributed by atoms with Crippen LogP contribution in [0.5, 0.6) is 0 Å². The lowest BCUT2D eigenvalue weighted by Crippen LogP contribution is -2.45. The minimum atomic E-state index is -0.246. The Balaban J connectivity index is 2.44. The quantitative estimate of drug-likeness (QED) is 0.734. The SMILES string of the molecule is CCCNC1CCN(CC(C)(C)OCC)C1=O. The van der Waals surface area contributed by atoms with Crippen LogP contribution >= 0.6 is 0 Å². The van der Waals surface area contributed by atoms with Crippen LogP contribution in [0.3, 0.4) is 0 Å². The molecular formula is C13H26N2O2. The van der Waals surface area contributed by atoms with Crippen molar-refractivity contribution in [2.45, 2.75) is 52.2 Å². The van der Waals surface area contributed by atoms with Crippen LogP contribution in [0.4, 0.5) is 0 Å². The average molecular weight is 242 g/mol. The molecule has 0 aromatic rings. The highest BCUT2D eigenvalue weighted by Crippen LogP contribution is 2.17. The van der Waals surface area contributed by atoms with E-state index in [1.165, 1.54) is 0 Å². The number of amides is 1. The third-order valence-corrected chi connectivity index (χ3v) is 3.04. The lowest BCUT2D eigenvalue weighted by molar-refractivity contribution is -0.133. The average Bonchev–Trinajstić information content (AvgIpc) is 2.57. The number of carbonyl (C=O) groups is 1. The predicted octanol–water partition coefficient (Wildman–Crippen LogP) is 1.40. The maximum atomic E-state index is 12.1. The summed E-state index contributed by atoms with van der Waals surface area (Å²) in [5.41, 5.74) is -0.246. The van der Waals surface area contributed by atoms with Crippen molar-refractivity contribution in [3.05, 3.63) is 0 Å². The normalized spacial score (nSPS) is 21.3. The van der Waals surface area contributed by atoms with Crippen molar-refractivity contribution in [1.82, 2.24) is 10.2 Å². The molecule has 1 aliphatic heterocycles. The van der Waals surface area contributed by atoms with E-state index in [4.69, 9.17) is 4.74 Å². The Kier molecular flexibility index (Phi) is 5.40. The molecule has 0 bridgehead atoms. The lowest BCUT2D eigenvalue weighted by atomic mass is 10.1. The first-order chi connectivity index (χ1) is 8.00. The lowest BCUT2D eigenvalue weighted by Gasteiger charge is -2.30. The van der Waals surface area contributed by atoms with E-state index in [1.807, 2.05) is 25.7 Å². The maximum Gasteiger partial charge on any atom is 0.239 e. The van der Waals surface area contributed by atoms with Crippen LogP contribution in [0, 0.1) is 0 Å². The van der Waals surface area contributed by atoms with Crippen molar-refractivity contribution >= 4 is 5.91 Å². The summed E-state index contributed by atoms with van der Waals surface area (Å²) in [7, 11) is 0. The fourth-order valence-corrected chi connectivity index (χ4v) is 2.30. The van der Waals surface area contributed by atoms with Gasteiger partial charge >= 0.3 is 0 Å². The van der Waals surface area contributed by atoms with Crippen LogP contribution in [0.25, 0.3) is 0 Å². The first kappa shape index (κ1) is 14.5. The van der Waals surface area contributed by atoms with Crippen molar-refractivity contribution in [3.63, 3.8) is 0 Å². The third kappa shape index (κ3) is 4.28. The number of likely N-dealkylation sites (tertiary alicyclic amines) is 1. The van der Waals surface area contributed by atoms with Crippen LogP contribution in [-0.2, 0) is 9.53 Å². The molecule has 17 heavy (non-hydrogen) atoms. The molecule has 0 saturated carbocycles. The van der Waals surface area contributed by atoms with Gasteiger partial charge in [-0.1, -0.05) is 6.92 Å². The Morgan fingerprint density at radius 3 is 2.76 bits per heavy atom.